The Morgan fingerprint density at radius 2 is 2.20 bits per heavy atom. The van der Waals surface area contributed by atoms with Gasteiger partial charge in [0.2, 0.25) is 5.91 Å². The molecule has 1 aliphatic rings. The molecule has 0 radical (unpaired) electrons. The van der Waals surface area contributed by atoms with Crippen molar-refractivity contribution in [1.29, 1.82) is 0 Å². The summed E-state index contributed by atoms with van der Waals surface area (Å²) in [5.74, 6) is 0.305. The van der Waals surface area contributed by atoms with Crippen LogP contribution in [0, 0.1) is 0 Å². The number of benzene rings is 1. The Bertz CT molecular complexity index is 866. The molecule has 0 spiro atoms. The van der Waals surface area contributed by atoms with E-state index in [-0.39, 0.29) is 17.2 Å². The normalized spacial score (nSPS) is 16.8. The third kappa shape index (κ3) is 3.99. The summed E-state index contributed by atoms with van der Waals surface area (Å²) in [5, 5.41) is 0. The first-order valence-electron chi connectivity index (χ1n) is 8.12. The van der Waals surface area contributed by atoms with Gasteiger partial charge in [0.1, 0.15) is 10.6 Å². The van der Waals surface area contributed by atoms with E-state index < -0.39 is 15.9 Å². The van der Waals surface area contributed by atoms with Crippen LogP contribution in [-0.2, 0) is 21.2 Å². The van der Waals surface area contributed by atoms with Crippen LogP contribution in [-0.4, -0.2) is 26.4 Å². The summed E-state index contributed by atoms with van der Waals surface area (Å²) in [5.41, 5.74) is 2.26. The minimum Gasteiger partial charge on any atom is -0.497 e. The van der Waals surface area contributed by atoms with E-state index >= 15 is 0 Å². The highest BCUT2D eigenvalue weighted by atomic mass is 32.2. The van der Waals surface area contributed by atoms with Gasteiger partial charge in [-0.25, -0.2) is 13.1 Å². The van der Waals surface area contributed by atoms with Crippen molar-refractivity contribution in [3.63, 3.8) is 0 Å². The zero-order valence-corrected chi connectivity index (χ0v) is 14.8. The van der Waals surface area contributed by atoms with Gasteiger partial charge in [-0.3, -0.25) is 9.78 Å². The molecule has 1 aromatic carbocycles. The minimum absolute atomic E-state index is 0.0127. The Kier molecular flexibility index (Phi) is 5.03. The van der Waals surface area contributed by atoms with Crippen molar-refractivity contribution < 1.29 is 17.9 Å². The lowest BCUT2D eigenvalue weighted by Gasteiger charge is -2.25. The first-order valence-corrected chi connectivity index (χ1v) is 9.60. The van der Waals surface area contributed by atoms with Gasteiger partial charge in [0, 0.05) is 18.8 Å². The topological polar surface area (TPSA) is 85.4 Å². The number of ether oxygens (including phenoxy) is 1. The fraction of sp³-hybridized carbons (Fsp3) is 0.333. The van der Waals surface area contributed by atoms with Crippen LogP contribution in [0.1, 0.15) is 36.3 Å². The highest BCUT2D eigenvalue weighted by molar-refractivity contribution is 7.90. The maximum atomic E-state index is 12.3. The van der Waals surface area contributed by atoms with Gasteiger partial charge in [0.25, 0.3) is 10.0 Å². The molecule has 25 heavy (non-hydrogen) atoms. The monoisotopic (exact) mass is 360 g/mol. The standard InChI is InChI=1S/C18H20N2O4S/c1-24-15-7-8-17-13(10-15)4-2-5-14(17)11-18(21)20-25(22,23)16-6-3-9-19-12-16/h3,6-10,12,14H,2,4-5,11H2,1H3,(H,20,21). The molecule has 7 heteroatoms. The average molecular weight is 360 g/mol. The molecular formula is C18H20N2O4S. The van der Waals surface area contributed by atoms with Crippen molar-refractivity contribution in [2.75, 3.05) is 7.11 Å². The molecule has 1 atom stereocenters. The van der Waals surface area contributed by atoms with Crippen molar-refractivity contribution in [2.24, 2.45) is 0 Å². The molecule has 0 bridgehead atoms. The van der Waals surface area contributed by atoms with E-state index in [9.17, 15) is 13.2 Å². The summed E-state index contributed by atoms with van der Waals surface area (Å²) in [6.07, 6.45) is 5.61. The number of carbonyl (C=O) groups excluding carboxylic acids is 1. The lowest BCUT2D eigenvalue weighted by atomic mass is 9.81. The van der Waals surface area contributed by atoms with Gasteiger partial charge in [-0.05, 0) is 60.6 Å². The first kappa shape index (κ1) is 17.4. The molecule has 1 aromatic heterocycles. The molecule has 0 fully saturated rings. The molecule has 2 aromatic rings. The van der Waals surface area contributed by atoms with Crippen LogP contribution >= 0.6 is 0 Å². The quantitative estimate of drug-likeness (QED) is 0.885. The largest absolute Gasteiger partial charge is 0.497 e. The minimum atomic E-state index is -3.88. The second-order valence-corrected chi connectivity index (χ2v) is 7.76. The number of hydrogen-bond acceptors (Lipinski definition) is 5. The SMILES string of the molecule is COc1ccc2c(c1)CCCC2CC(=O)NS(=O)(=O)c1cccnc1. The summed E-state index contributed by atoms with van der Waals surface area (Å²) in [6, 6.07) is 8.77. The molecule has 6 nitrogen and oxygen atoms in total. The van der Waals surface area contributed by atoms with Gasteiger partial charge in [0.05, 0.1) is 7.11 Å². The van der Waals surface area contributed by atoms with E-state index in [0.29, 0.717) is 0 Å². The summed E-state index contributed by atoms with van der Waals surface area (Å²) < 4.78 is 31.8. The van der Waals surface area contributed by atoms with Crippen LogP contribution in [0.2, 0.25) is 0 Å². The number of hydrogen-bond donors (Lipinski definition) is 1. The lowest BCUT2D eigenvalue weighted by Crippen LogP contribution is -2.32. The van der Waals surface area contributed by atoms with Crippen LogP contribution in [0.25, 0.3) is 0 Å². The predicted octanol–water partition coefficient (Wildman–Crippen LogP) is 2.41. The van der Waals surface area contributed by atoms with E-state index in [0.717, 1.165) is 30.6 Å². The Balaban J connectivity index is 1.72. The zero-order valence-electron chi connectivity index (χ0n) is 13.9. The maximum Gasteiger partial charge on any atom is 0.265 e. The Hall–Kier alpha value is -2.41. The van der Waals surface area contributed by atoms with Crippen LogP contribution in [0.15, 0.2) is 47.6 Å². The van der Waals surface area contributed by atoms with Gasteiger partial charge < -0.3 is 4.74 Å². The fourth-order valence-electron chi connectivity index (χ4n) is 3.21. The number of amides is 1. The van der Waals surface area contributed by atoms with E-state index in [1.54, 1.807) is 7.11 Å². The van der Waals surface area contributed by atoms with Crippen LogP contribution < -0.4 is 9.46 Å². The number of nitrogens with zero attached hydrogens (tertiary/aromatic N) is 1. The number of fused-ring (bicyclic) bond motifs is 1. The number of aryl methyl sites for hydroxylation is 1. The van der Waals surface area contributed by atoms with E-state index in [2.05, 4.69) is 9.71 Å². The Morgan fingerprint density at radius 1 is 1.36 bits per heavy atom. The lowest BCUT2D eigenvalue weighted by molar-refractivity contribution is -0.119. The summed E-state index contributed by atoms with van der Waals surface area (Å²) in [7, 11) is -2.26. The summed E-state index contributed by atoms with van der Waals surface area (Å²) in [6.45, 7) is 0. The number of sulfonamides is 1. The van der Waals surface area contributed by atoms with E-state index in [1.165, 1.54) is 30.1 Å². The van der Waals surface area contributed by atoms with E-state index in [1.807, 2.05) is 18.2 Å². The number of pyridine rings is 1. The maximum absolute atomic E-state index is 12.3. The van der Waals surface area contributed by atoms with Crippen molar-refractivity contribution >= 4 is 15.9 Å². The molecule has 0 aliphatic heterocycles. The van der Waals surface area contributed by atoms with Gasteiger partial charge in [-0.2, -0.15) is 0 Å². The van der Waals surface area contributed by atoms with Crippen molar-refractivity contribution in [2.45, 2.75) is 36.5 Å². The smallest absolute Gasteiger partial charge is 0.265 e. The van der Waals surface area contributed by atoms with E-state index in [4.69, 9.17) is 4.74 Å². The number of methoxy groups -OCH3 is 1. The van der Waals surface area contributed by atoms with Crippen molar-refractivity contribution in [3.05, 3.63) is 53.9 Å². The third-order valence-corrected chi connectivity index (χ3v) is 5.77. The zero-order chi connectivity index (χ0) is 17.9. The molecule has 132 valence electrons. The van der Waals surface area contributed by atoms with Gasteiger partial charge in [-0.15, -0.1) is 0 Å². The molecule has 1 heterocycles. The molecule has 0 saturated carbocycles. The molecule has 1 amide bonds. The number of rotatable bonds is 5. The van der Waals surface area contributed by atoms with Crippen LogP contribution in [0.3, 0.4) is 0 Å². The Morgan fingerprint density at radius 3 is 2.92 bits per heavy atom. The Labute approximate surface area is 147 Å². The van der Waals surface area contributed by atoms with Crippen LogP contribution in [0.5, 0.6) is 5.75 Å². The highest BCUT2D eigenvalue weighted by Gasteiger charge is 2.25. The number of nitrogens with one attached hydrogen (secondary N) is 1. The molecule has 1 N–H and O–H groups in total. The third-order valence-electron chi connectivity index (χ3n) is 4.41. The summed E-state index contributed by atoms with van der Waals surface area (Å²) in [4.78, 5) is 16.1. The highest BCUT2D eigenvalue weighted by Crippen LogP contribution is 2.35. The van der Waals surface area contributed by atoms with Gasteiger partial charge in [0.15, 0.2) is 0 Å². The predicted molar refractivity (Wildman–Crippen MR) is 92.9 cm³/mol. The molecule has 1 unspecified atom stereocenters. The van der Waals surface area contributed by atoms with Crippen LogP contribution in [0.4, 0.5) is 0 Å². The molecular weight excluding hydrogens is 340 g/mol. The first-order chi connectivity index (χ1) is 12.0. The van der Waals surface area contributed by atoms with Crippen molar-refractivity contribution in [1.82, 2.24) is 9.71 Å². The fourth-order valence-corrected chi connectivity index (χ4v) is 4.17. The molecule has 3 rings (SSSR count). The number of aromatic nitrogens is 1. The van der Waals surface area contributed by atoms with Gasteiger partial charge >= 0.3 is 0 Å². The second kappa shape index (κ2) is 7.23. The number of carbonyl (C=O) groups is 1. The second-order valence-electron chi connectivity index (χ2n) is 6.08. The van der Waals surface area contributed by atoms with Crippen molar-refractivity contribution in [3.8, 4) is 5.75 Å². The summed E-state index contributed by atoms with van der Waals surface area (Å²) >= 11 is 0. The van der Waals surface area contributed by atoms with Gasteiger partial charge in [-0.1, -0.05) is 6.07 Å². The molecule has 0 saturated heterocycles. The molecule has 1 aliphatic carbocycles. The average Bonchev–Trinajstić information content (AvgIpc) is 2.61.